The highest BCUT2D eigenvalue weighted by atomic mass is 16.5. The first-order valence-electron chi connectivity index (χ1n) is 8.64. The van der Waals surface area contributed by atoms with Crippen LogP contribution >= 0.6 is 0 Å². The molecule has 0 bridgehead atoms. The van der Waals surface area contributed by atoms with Gasteiger partial charge in [-0.3, -0.25) is 9.59 Å². The van der Waals surface area contributed by atoms with Crippen LogP contribution in [0.3, 0.4) is 0 Å². The van der Waals surface area contributed by atoms with Crippen LogP contribution in [0.25, 0.3) is 22.0 Å². The van der Waals surface area contributed by atoms with Gasteiger partial charge in [0, 0.05) is 28.6 Å². The molecule has 140 valence electrons. The standard InChI is InChI=1S/C21H17N3O4/c1-27-14-8-6-13(7-9-14)19-10-15(28-24-19)11-22-21(26)18-12-23-20(25)17-5-3-2-4-16(17)18/h2-10,12H,11H2,1H3,(H,22,26)(H,23,25). The molecule has 0 fully saturated rings. The lowest BCUT2D eigenvalue weighted by molar-refractivity contribution is 0.0948. The number of amides is 1. The maximum absolute atomic E-state index is 12.6. The highest BCUT2D eigenvalue weighted by Gasteiger charge is 2.13. The number of benzene rings is 2. The number of carbonyl (C=O) groups excluding carboxylic acids is 1. The average Bonchev–Trinajstić information content (AvgIpc) is 3.22. The van der Waals surface area contributed by atoms with E-state index in [-0.39, 0.29) is 18.0 Å². The summed E-state index contributed by atoms with van der Waals surface area (Å²) in [6.45, 7) is 0.176. The van der Waals surface area contributed by atoms with Crippen LogP contribution in [-0.4, -0.2) is 23.2 Å². The third kappa shape index (κ3) is 3.37. The molecular formula is C21H17N3O4. The van der Waals surface area contributed by atoms with Crippen molar-refractivity contribution in [1.29, 1.82) is 0 Å². The van der Waals surface area contributed by atoms with Crippen LogP contribution in [0, 0.1) is 0 Å². The second kappa shape index (κ2) is 7.40. The number of hydrogen-bond acceptors (Lipinski definition) is 5. The van der Waals surface area contributed by atoms with Gasteiger partial charge in [0.1, 0.15) is 11.4 Å². The Morgan fingerprint density at radius 1 is 1.14 bits per heavy atom. The Kier molecular flexibility index (Phi) is 4.63. The molecule has 0 spiro atoms. The topological polar surface area (TPSA) is 97.2 Å². The van der Waals surface area contributed by atoms with Crippen LogP contribution in [-0.2, 0) is 6.54 Å². The highest BCUT2D eigenvalue weighted by Crippen LogP contribution is 2.22. The summed E-state index contributed by atoms with van der Waals surface area (Å²) in [6.07, 6.45) is 1.42. The van der Waals surface area contributed by atoms with Crippen LogP contribution in [0.2, 0.25) is 0 Å². The van der Waals surface area contributed by atoms with Crippen LogP contribution < -0.4 is 15.6 Å². The van der Waals surface area contributed by atoms with Crippen molar-refractivity contribution in [2.75, 3.05) is 7.11 Å². The van der Waals surface area contributed by atoms with Crippen LogP contribution in [0.15, 0.2) is 70.1 Å². The molecule has 1 amide bonds. The van der Waals surface area contributed by atoms with Gasteiger partial charge in [-0.2, -0.15) is 0 Å². The number of methoxy groups -OCH3 is 1. The molecule has 7 heteroatoms. The van der Waals surface area contributed by atoms with Gasteiger partial charge in [0.05, 0.1) is 19.2 Å². The zero-order chi connectivity index (χ0) is 19.5. The first kappa shape index (κ1) is 17.5. The molecule has 2 aromatic carbocycles. The molecule has 0 aliphatic carbocycles. The summed E-state index contributed by atoms with van der Waals surface area (Å²) in [7, 11) is 1.61. The first-order chi connectivity index (χ1) is 13.7. The molecule has 0 unspecified atom stereocenters. The number of ether oxygens (including phenoxy) is 1. The number of rotatable bonds is 5. The minimum absolute atomic E-state index is 0.176. The van der Waals surface area contributed by atoms with Crippen molar-refractivity contribution in [3.8, 4) is 17.0 Å². The summed E-state index contributed by atoms with van der Waals surface area (Å²) in [5, 5.41) is 7.90. The summed E-state index contributed by atoms with van der Waals surface area (Å²) in [4.78, 5) is 27.1. The van der Waals surface area contributed by atoms with Crippen molar-refractivity contribution in [3.05, 3.63) is 82.5 Å². The van der Waals surface area contributed by atoms with Gasteiger partial charge in [0.15, 0.2) is 5.76 Å². The minimum Gasteiger partial charge on any atom is -0.497 e. The van der Waals surface area contributed by atoms with Crippen molar-refractivity contribution in [2.24, 2.45) is 0 Å². The fourth-order valence-corrected chi connectivity index (χ4v) is 2.95. The molecule has 28 heavy (non-hydrogen) atoms. The number of hydrogen-bond donors (Lipinski definition) is 2. The third-order valence-corrected chi connectivity index (χ3v) is 4.42. The van der Waals surface area contributed by atoms with Gasteiger partial charge in [-0.25, -0.2) is 0 Å². The van der Waals surface area contributed by atoms with Gasteiger partial charge >= 0.3 is 0 Å². The number of fused-ring (bicyclic) bond motifs is 1. The summed E-state index contributed by atoms with van der Waals surface area (Å²) in [5.41, 5.74) is 1.71. The van der Waals surface area contributed by atoms with Gasteiger partial charge in [0.25, 0.3) is 11.5 Å². The van der Waals surface area contributed by atoms with E-state index in [1.54, 1.807) is 37.4 Å². The Balaban J connectivity index is 1.49. The van der Waals surface area contributed by atoms with Gasteiger partial charge in [-0.05, 0) is 30.3 Å². The van der Waals surface area contributed by atoms with Crippen molar-refractivity contribution in [2.45, 2.75) is 6.54 Å². The molecule has 7 nitrogen and oxygen atoms in total. The number of H-pyrrole nitrogens is 1. The summed E-state index contributed by atoms with van der Waals surface area (Å²) >= 11 is 0. The minimum atomic E-state index is -0.310. The number of carbonyl (C=O) groups is 1. The van der Waals surface area contributed by atoms with E-state index < -0.39 is 0 Å². The third-order valence-electron chi connectivity index (χ3n) is 4.42. The molecular weight excluding hydrogens is 358 g/mol. The molecule has 0 atom stereocenters. The molecule has 2 aromatic heterocycles. The number of nitrogens with zero attached hydrogens (tertiary/aromatic N) is 1. The van der Waals surface area contributed by atoms with Crippen LogP contribution in [0.4, 0.5) is 0 Å². The predicted octanol–water partition coefficient (Wildman–Crippen LogP) is 3.12. The SMILES string of the molecule is COc1ccc(-c2cc(CNC(=O)c3c[nH]c(=O)c4ccccc34)on2)cc1. The summed E-state index contributed by atoms with van der Waals surface area (Å²) in [6, 6.07) is 16.2. The van der Waals surface area contributed by atoms with E-state index >= 15 is 0 Å². The molecule has 0 saturated heterocycles. The number of pyridine rings is 1. The molecule has 2 heterocycles. The zero-order valence-electron chi connectivity index (χ0n) is 15.1. The molecule has 0 saturated carbocycles. The van der Waals surface area contributed by atoms with E-state index in [0.717, 1.165) is 11.3 Å². The fraction of sp³-hybridized carbons (Fsp3) is 0.0952. The summed E-state index contributed by atoms with van der Waals surface area (Å²) in [5.74, 6) is 0.968. The normalized spacial score (nSPS) is 10.8. The molecule has 4 rings (SSSR count). The van der Waals surface area contributed by atoms with E-state index in [0.29, 0.717) is 27.8 Å². The average molecular weight is 375 g/mol. The van der Waals surface area contributed by atoms with Gasteiger partial charge < -0.3 is 19.6 Å². The molecule has 0 aliphatic heterocycles. The van der Waals surface area contributed by atoms with Gasteiger partial charge in [0.2, 0.25) is 0 Å². The first-order valence-corrected chi connectivity index (χ1v) is 8.64. The van der Waals surface area contributed by atoms with Crippen molar-refractivity contribution >= 4 is 16.7 Å². The van der Waals surface area contributed by atoms with Crippen LogP contribution in [0.1, 0.15) is 16.1 Å². The van der Waals surface area contributed by atoms with Gasteiger partial charge in [-0.15, -0.1) is 0 Å². The lowest BCUT2D eigenvalue weighted by atomic mass is 10.1. The second-order valence-electron chi connectivity index (χ2n) is 6.17. The van der Waals surface area contributed by atoms with Gasteiger partial charge in [-0.1, -0.05) is 23.4 Å². The Morgan fingerprint density at radius 3 is 2.64 bits per heavy atom. The fourth-order valence-electron chi connectivity index (χ4n) is 2.95. The van der Waals surface area contributed by atoms with E-state index in [9.17, 15) is 9.59 Å². The lowest BCUT2D eigenvalue weighted by Crippen LogP contribution is -2.24. The number of aromatic nitrogens is 2. The highest BCUT2D eigenvalue weighted by molar-refractivity contribution is 6.06. The lowest BCUT2D eigenvalue weighted by Gasteiger charge is -2.06. The zero-order valence-corrected chi connectivity index (χ0v) is 15.1. The Bertz CT molecular complexity index is 1190. The molecule has 0 radical (unpaired) electrons. The number of nitrogens with one attached hydrogen (secondary N) is 2. The predicted molar refractivity (Wildman–Crippen MR) is 104 cm³/mol. The van der Waals surface area contributed by atoms with Crippen molar-refractivity contribution in [1.82, 2.24) is 15.5 Å². The maximum atomic E-state index is 12.6. The number of aromatic amines is 1. The van der Waals surface area contributed by atoms with E-state index in [1.165, 1.54) is 6.20 Å². The monoisotopic (exact) mass is 375 g/mol. The van der Waals surface area contributed by atoms with Crippen LogP contribution in [0.5, 0.6) is 5.75 Å². The Labute approximate surface area is 159 Å². The van der Waals surface area contributed by atoms with E-state index in [2.05, 4.69) is 15.5 Å². The quantitative estimate of drug-likeness (QED) is 0.559. The molecule has 0 aliphatic rings. The Hall–Kier alpha value is -3.87. The van der Waals surface area contributed by atoms with E-state index in [4.69, 9.17) is 9.26 Å². The molecule has 4 aromatic rings. The second-order valence-corrected chi connectivity index (χ2v) is 6.17. The maximum Gasteiger partial charge on any atom is 0.255 e. The van der Waals surface area contributed by atoms with E-state index in [1.807, 2.05) is 24.3 Å². The molecule has 2 N–H and O–H groups in total. The summed E-state index contributed by atoms with van der Waals surface area (Å²) < 4.78 is 10.5. The van der Waals surface area contributed by atoms with Crippen molar-refractivity contribution in [3.63, 3.8) is 0 Å². The van der Waals surface area contributed by atoms with Crippen molar-refractivity contribution < 1.29 is 14.1 Å². The Morgan fingerprint density at radius 2 is 1.89 bits per heavy atom. The smallest absolute Gasteiger partial charge is 0.255 e. The largest absolute Gasteiger partial charge is 0.497 e.